The van der Waals surface area contributed by atoms with Crippen LogP contribution in [-0.2, 0) is 32.6 Å². The van der Waals surface area contributed by atoms with E-state index in [0.29, 0.717) is 22.8 Å². The van der Waals surface area contributed by atoms with E-state index in [1.165, 1.54) is 17.0 Å². The van der Waals surface area contributed by atoms with Crippen LogP contribution in [0.25, 0.3) is 0 Å². The molecule has 2 amide bonds. The van der Waals surface area contributed by atoms with E-state index < -0.39 is 28.5 Å². The number of amides is 2. The molecule has 4 rings (SSSR count). The molecule has 0 aliphatic rings. The Morgan fingerprint density at radius 2 is 1.47 bits per heavy atom. The summed E-state index contributed by atoms with van der Waals surface area (Å²) < 4.78 is 30.0. The molecule has 1 unspecified atom stereocenters. The van der Waals surface area contributed by atoms with Crippen molar-refractivity contribution in [3.8, 4) is 0 Å². The summed E-state index contributed by atoms with van der Waals surface area (Å²) in [5.41, 5.74) is 1.85. The minimum atomic E-state index is -4.14. The molecule has 0 aliphatic heterocycles. The molecule has 7 nitrogen and oxygen atoms in total. The fraction of sp³-hybridized carbons (Fsp3) is 0.212. The van der Waals surface area contributed by atoms with Crippen molar-refractivity contribution in [3.05, 3.63) is 129 Å². The van der Waals surface area contributed by atoms with E-state index in [-0.39, 0.29) is 23.8 Å². The van der Waals surface area contributed by atoms with Crippen molar-refractivity contribution in [2.45, 2.75) is 37.2 Å². The summed E-state index contributed by atoms with van der Waals surface area (Å²) in [5.74, 6) is -0.858. The van der Waals surface area contributed by atoms with E-state index >= 15 is 0 Å². The number of rotatable bonds is 13. The molecule has 0 aromatic heterocycles. The lowest BCUT2D eigenvalue weighted by Gasteiger charge is -2.34. The molecule has 0 bridgehead atoms. The smallest absolute Gasteiger partial charge is 0.264 e. The molecule has 0 aliphatic carbocycles. The minimum Gasteiger partial charge on any atom is -0.354 e. The molecule has 4 aromatic rings. The van der Waals surface area contributed by atoms with Gasteiger partial charge in [0, 0.05) is 28.1 Å². The van der Waals surface area contributed by atoms with Crippen LogP contribution in [0.1, 0.15) is 24.5 Å². The van der Waals surface area contributed by atoms with Gasteiger partial charge in [0.05, 0.1) is 10.6 Å². The number of carbonyl (C=O) groups excluding carboxylic acids is 2. The summed E-state index contributed by atoms with van der Waals surface area (Å²) in [6.45, 7) is 1.89. The summed E-state index contributed by atoms with van der Waals surface area (Å²) in [7, 11) is -4.14. The van der Waals surface area contributed by atoms with Crippen LogP contribution in [0.15, 0.2) is 114 Å². The highest BCUT2D eigenvalue weighted by molar-refractivity contribution is 14.1. The predicted octanol–water partition coefficient (Wildman–Crippen LogP) is 6.31. The quantitative estimate of drug-likeness (QED) is 0.164. The van der Waals surface area contributed by atoms with Gasteiger partial charge in [-0.3, -0.25) is 13.9 Å². The number of nitrogens with zero attached hydrogens (tertiary/aromatic N) is 2. The number of benzene rings is 4. The zero-order valence-corrected chi connectivity index (χ0v) is 27.4. The van der Waals surface area contributed by atoms with Crippen molar-refractivity contribution in [1.29, 1.82) is 0 Å². The van der Waals surface area contributed by atoms with E-state index in [9.17, 15) is 18.0 Å². The van der Waals surface area contributed by atoms with Crippen LogP contribution in [0.5, 0.6) is 0 Å². The average molecular weight is 730 g/mol. The van der Waals surface area contributed by atoms with Crippen LogP contribution in [0, 0.1) is 3.57 Å². The Balaban J connectivity index is 1.79. The van der Waals surface area contributed by atoms with Crippen molar-refractivity contribution in [2.24, 2.45) is 0 Å². The van der Waals surface area contributed by atoms with Crippen LogP contribution in [-0.4, -0.2) is 44.3 Å². The largest absolute Gasteiger partial charge is 0.354 e. The van der Waals surface area contributed by atoms with E-state index in [2.05, 4.69) is 27.9 Å². The molecule has 10 heteroatoms. The third-order valence-electron chi connectivity index (χ3n) is 6.84. The van der Waals surface area contributed by atoms with Crippen molar-refractivity contribution in [3.63, 3.8) is 0 Å². The monoisotopic (exact) mass is 729 g/mol. The van der Waals surface area contributed by atoms with Gasteiger partial charge in [0.2, 0.25) is 11.8 Å². The molecule has 1 N–H and O–H groups in total. The number of halogens is 2. The van der Waals surface area contributed by atoms with Gasteiger partial charge in [-0.1, -0.05) is 85.3 Å². The molecule has 4 aromatic carbocycles. The third kappa shape index (κ3) is 8.58. The van der Waals surface area contributed by atoms with Gasteiger partial charge in [-0.2, -0.15) is 0 Å². The van der Waals surface area contributed by atoms with Gasteiger partial charge in [0.1, 0.15) is 12.6 Å². The van der Waals surface area contributed by atoms with Gasteiger partial charge in [0.15, 0.2) is 0 Å². The minimum absolute atomic E-state index is 0.0153. The third-order valence-corrected chi connectivity index (χ3v) is 9.72. The predicted molar refractivity (Wildman–Crippen MR) is 179 cm³/mol. The second-order valence-corrected chi connectivity index (χ2v) is 13.4. The number of hydrogen-bond donors (Lipinski definition) is 1. The Hall–Kier alpha value is -3.41. The Bertz CT molecular complexity index is 1620. The molecule has 0 spiro atoms. The van der Waals surface area contributed by atoms with Crippen LogP contribution in [0.4, 0.5) is 5.69 Å². The van der Waals surface area contributed by atoms with Gasteiger partial charge in [-0.25, -0.2) is 8.42 Å². The summed E-state index contributed by atoms with van der Waals surface area (Å²) in [4.78, 5) is 29.6. The van der Waals surface area contributed by atoms with Gasteiger partial charge in [-0.15, -0.1) is 0 Å². The van der Waals surface area contributed by atoms with Crippen LogP contribution in [0.2, 0.25) is 5.02 Å². The topological polar surface area (TPSA) is 86.8 Å². The van der Waals surface area contributed by atoms with E-state index in [1.807, 2.05) is 43.3 Å². The SMILES string of the molecule is CCCNC(=O)C(Cc1ccccc1)N(Cc1ccccc1Cl)C(=O)CN(c1ccc(I)cc1)S(=O)(=O)c1ccccc1. The Morgan fingerprint density at radius 3 is 2.09 bits per heavy atom. The van der Waals surface area contributed by atoms with Crippen LogP contribution < -0.4 is 9.62 Å². The fourth-order valence-electron chi connectivity index (χ4n) is 4.59. The van der Waals surface area contributed by atoms with Gasteiger partial charge in [0.25, 0.3) is 10.0 Å². The van der Waals surface area contributed by atoms with Gasteiger partial charge < -0.3 is 10.2 Å². The van der Waals surface area contributed by atoms with Gasteiger partial charge in [-0.05, 0) is 82.6 Å². The molecule has 1 atom stereocenters. The highest BCUT2D eigenvalue weighted by Gasteiger charge is 2.34. The van der Waals surface area contributed by atoms with Crippen molar-refractivity contribution in [2.75, 3.05) is 17.4 Å². The van der Waals surface area contributed by atoms with E-state index in [0.717, 1.165) is 19.9 Å². The first-order valence-electron chi connectivity index (χ1n) is 13.9. The Morgan fingerprint density at radius 1 is 0.860 bits per heavy atom. The van der Waals surface area contributed by atoms with Crippen molar-refractivity contribution in [1.82, 2.24) is 10.2 Å². The maximum Gasteiger partial charge on any atom is 0.264 e. The zero-order valence-electron chi connectivity index (χ0n) is 23.7. The maximum atomic E-state index is 14.4. The van der Waals surface area contributed by atoms with Crippen LogP contribution in [0.3, 0.4) is 0 Å². The molecule has 224 valence electrons. The van der Waals surface area contributed by atoms with Gasteiger partial charge >= 0.3 is 0 Å². The van der Waals surface area contributed by atoms with Crippen LogP contribution >= 0.6 is 34.2 Å². The molecular formula is C33H33ClIN3O4S. The van der Waals surface area contributed by atoms with Crippen molar-refractivity contribution < 1.29 is 18.0 Å². The normalized spacial score (nSPS) is 11.9. The van der Waals surface area contributed by atoms with E-state index in [4.69, 9.17) is 11.6 Å². The Labute approximate surface area is 272 Å². The second-order valence-electron chi connectivity index (χ2n) is 9.91. The average Bonchev–Trinajstić information content (AvgIpc) is 3.02. The summed E-state index contributed by atoms with van der Waals surface area (Å²) in [6.07, 6.45) is 0.958. The standard InChI is InChI=1S/C33H33ClIN3O4S/c1-2-21-36-33(40)31(22-25-11-5-3-6-12-25)37(23-26-13-9-10-16-30(26)34)32(39)24-38(28-19-17-27(35)18-20-28)43(41,42)29-14-7-4-8-15-29/h3-20,31H,2,21-24H2,1H3,(H,36,40). The first-order valence-corrected chi connectivity index (χ1v) is 16.8. The number of sulfonamides is 1. The van der Waals surface area contributed by atoms with Crippen molar-refractivity contribution >= 4 is 61.7 Å². The summed E-state index contributed by atoms with van der Waals surface area (Å²) in [6, 6.07) is 30.5. The zero-order chi connectivity index (χ0) is 30.8. The number of anilines is 1. The lowest BCUT2D eigenvalue weighted by molar-refractivity contribution is -0.140. The number of carbonyl (C=O) groups is 2. The van der Waals surface area contributed by atoms with E-state index in [1.54, 1.807) is 60.7 Å². The molecule has 0 saturated carbocycles. The fourth-order valence-corrected chi connectivity index (χ4v) is 6.58. The summed E-state index contributed by atoms with van der Waals surface area (Å²) >= 11 is 8.67. The molecule has 43 heavy (non-hydrogen) atoms. The maximum absolute atomic E-state index is 14.4. The lowest BCUT2D eigenvalue weighted by Crippen LogP contribution is -2.53. The molecule has 0 radical (unpaired) electrons. The highest BCUT2D eigenvalue weighted by atomic mass is 127. The molecular weight excluding hydrogens is 697 g/mol. The summed E-state index contributed by atoms with van der Waals surface area (Å²) in [5, 5.41) is 3.38. The Kier molecular flexibility index (Phi) is 11.6. The highest BCUT2D eigenvalue weighted by Crippen LogP contribution is 2.26. The second kappa shape index (κ2) is 15.4. The molecule has 0 heterocycles. The number of hydrogen-bond acceptors (Lipinski definition) is 4. The first-order chi connectivity index (χ1) is 20.7. The molecule has 0 saturated heterocycles. The molecule has 0 fully saturated rings. The lowest BCUT2D eigenvalue weighted by atomic mass is 10.0. The first kappa shape index (κ1) is 32.5. The number of nitrogens with one attached hydrogen (secondary N) is 1.